The summed E-state index contributed by atoms with van der Waals surface area (Å²) in [6.07, 6.45) is 4.94. The molecule has 1 atom stereocenters. The van der Waals surface area contributed by atoms with E-state index in [0.29, 0.717) is 23.1 Å². The largest absolute Gasteiger partial charge is 0.396 e. The maximum atomic E-state index is 12.1. The lowest BCUT2D eigenvalue weighted by Crippen LogP contribution is -2.25. The van der Waals surface area contributed by atoms with E-state index in [4.69, 9.17) is 5.11 Å². The van der Waals surface area contributed by atoms with Gasteiger partial charge in [-0.05, 0) is 30.9 Å². The highest BCUT2D eigenvalue weighted by atomic mass is 16.3. The highest BCUT2D eigenvalue weighted by Crippen LogP contribution is 2.13. The van der Waals surface area contributed by atoms with Crippen LogP contribution in [-0.4, -0.2) is 34.1 Å². The summed E-state index contributed by atoms with van der Waals surface area (Å²) < 4.78 is 0. The molecule has 0 aliphatic heterocycles. The Morgan fingerprint density at radius 2 is 2.15 bits per heavy atom. The Labute approximate surface area is 118 Å². The number of aliphatic hydroxyl groups excluding tert-OH is 1. The molecule has 0 saturated heterocycles. The molecule has 0 fully saturated rings. The number of nitrogens with one attached hydrogen (secondary N) is 1. The summed E-state index contributed by atoms with van der Waals surface area (Å²) in [4.78, 5) is 20.5. The Morgan fingerprint density at radius 3 is 2.95 bits per heavy atom. The van der Waals surface area contributed by atoms with Crippen molar-refractivity contribution in [2.75, 3.05) is 13.2 Å². The van der Waals surface area contributed by atoms with Gasteiger partial charge in [0, 0.05) is 25.5 Å². The fraction of sp³-hybridized carbons (Fsp3) is 0.400. The molecule has 1 aromatic carbocycles. The summed E-state index contributed by atoms with van der Waals surface area (Å²) in [5.41, 5.74) is 1.89. The topological polar surface area (TPSA) is 75.1 Å². The Bertz CT molecular complexity index is 581. The van der Waals surface area contributed by atoms with E-state index in [1.165, 1.54) is 0 Å². The number of carbonyl (C=O) groups excluding carboxylic acids is 1. The summed E-state index contributed by atoms with van der Waals surface area (Å²) >= 11 is 0. The molecule has 2 rings (SSSR count). The molecule has 5 nitrogen and oxygen atoms in total. The van der Waals surface area contributed by atoms with Crippen LogP contribution < -0.4 is 5.32 Å². The number of nitrogens with zero attached hydrogens (tertiary/aromatic N) is 2. The lowest BCUT2D eigenvalue weighted by Gasteiger charge is -2.09. The van der Waals surface area contributed by atoms with Gasteiger partial charge in [-0.25, -0.2) is 0 Å². The van der Waals surface area contributed by atoms with Crippen molar-refractivity contribution in [3.05, 3.63) is 36.2 Å². The van der Waals surface area contributed by atoms with Gasteiger partial charge in [0.25, 0.3) is 5.91 Å². The van der Waals surface area contributed by atoms with Gasteiger partial charge in [0.2, 0.25) is 0 Å². The van der Waals surface area contributed by atoms with Crippen molar-refractivity contribution < 1.29 is 9.90 Å². The normalized spacial score (nSPS) is 12.3. The number of benzene rings is 1. The zero-order chi connectivity index (χ0) is 14.4. The fourth-order valence-electron chi connectivity index (χ4n) is 2.01. The van der Waals surface area contributed by atoms with Crippen LogP contribution in [0.15, 0.2) is 30.6 Å². The Hall–Kier alpha value is -2.01. The summed E-state index contributed by atoms with van der Waals surface area (Å²) in [5.74, 6) is 0.142. The summed E-state index contributed by atoms with van der Waals surface area (Å²) in [6, 6.07) is 5.39. The molecule has 106 valence electrons. The molecule has 1 unspecified atom stereocenters. The van der Waals surface area contributed by atoms with E-state index in [2.05, 4.69) is 15.3 Å². The molecule has 0 bridgehead atoms. The number of aromatic nitrogens is 2. The zero-order valence-electron chi connectivity index (χ0n) is 11.5. The molecule has 5 heteroatoms. The van der Waals surface area contributed by atoms with Crippen molar-refractivity contribution in [3.63, 3.8) is 0 Å². The minimum atomic E-state index is -0.132. The molecule has 0 radical (unpaired) electrons. The van der Waals surface area contributed by atoms with Crippen molar-refractivity contribution in [3.8, 4) is 0 Å². The SMILES string of the molecule is CC(CO)CCCNC(=O)c1cccc2nccnc12. The van der Waals surface area contributed by atoms with Crippen LogP contribution in [0.2, 0.25) is 0 Å². The standard InChI is InChI=1S/C15H19N3O2/c1-11(10-19)4-3-7-18-15(20)12-5-2-6-13-14(12)17-9-8-16-13/h2,5-6,8-9,11,19H,3-4,7,10H2,1H3,(H,18,20). The number of hydrogen-bond donors (Lipinski definition) is 2. The van der Waals surface area contributed by atoms with Gasteiger partial charge in [0.05, 0.1) is 11.1 Å². The van der Waals surface area contributed by atoms with Crippen molar-refractivity contribution in [1.29, 1.82) is 0 Å². The molecule has 0 saturated carbocycles. The third kappa shape index (κ3) is 3.51. The van der Waals surface area contributed by atoms with Crippen LogP contribution >= 0.6 is 0 Å². The second-order valence-electron chi connectivity index (χ2n) is 4.92. The molecule has 1 heterocycles. The predicted octanol–water partition coefficient (Wildman–Crippen LogP) is 1.77. The minimum Gasteiger partial charge on any atom is -0.396 e. The molecule has 2 aromatic rings. The zero-order valence-corrected chi connectivity index (χ0v) is 11.5. The summed E-state index contributed by atoms with van der Waals surface area (Å²) in [7, 11) is 0. The first-order valence-electron chi connectivity index (χ1n) is 6.81. The molecular weight excluding hydrogens is 254 g/mol. The van der Waals surface area contributed by atoms with Crippen LogP contribution in [0.3, 0.4) is 0 Å². The third-order valence-corrected chi connectivity index (χ3v) is 3.21. The van der Waals surface area contributed by atoms with Gasteiger partial charge in [-0.15, -0.1) is 0 Å². The van der Waals surface area contributed by atoms with E-state index in [1.807, 2.05) is 13.0 Å². The summed E-state index contributed by atoms with van der Waals surface area (Å²) in [6.45, 7) is 2.77. The third-order valence-electron chi connectivity index (χ3n) is 3.21. The first-order chi connectivity index (χ1) is 9.72. The van der Waals surface area contributed by atoms with Crippen LogP contribution in [0.4, 0.5) is 0 Å². The number of para-hydroxylation sites is 1. The molecular formula is C15H19N3O2. The second-order valence-corrected chi connectivity index (χ2v) is 4.92. The van der Waals surface area contributed by atoms with E-state index in [1.54, 1.807) is 24.5 Å². The van der Waals surface area contributed by atoms with E-state index in [0.717, 1.165) is 12.8 Å². The van der Waals surface area contributed by atoms with E-state index < -0.39 is 0 Å². The van der Waals surface area contributed by atoms with Crippen LogP contribution in [0.25, 0.3) is 11.0 Å². The Balaban J connectivity index is 1.98. The smallest absolute Gasteiger partial charge is 0.253 e. The van der Waals surface area contributed by atoms with Crippen molar-refractivity contribution in [1.82, 2.24) is 15.3 Å². The minimum absolute atomic E-state index is 0.132. The maximum absolute atomic E-state index is 12.1. The number of carbonyl (C=O) groups is 1. The van der Waals surface area contributed by atoms with E-state index in [9.17, 15) is 4.79 Å². The van der Waals surface area contributed by atoms with Gasteiger partial charge in [-0.3, -0.25) is 14.8 Å². The van der Waals surface area contributed by atoms with Gasteiger partial charge in [-0.2, -0.15) is 0 Å². The van der Waals surface area contributed by atoms with E-state index >= 15 is 0 Å². The molecule has 1 aromatic heterocycles. The molecule has 1 amide bonds. The fourth-order valence-corrected chi connectivity index (χ4v) is 2.01. The average Bonchev–Trinajstić information content (AvgIpc) is 2.50. The van der Waals surface area contributed by atoms with Crippen LogP contribution in [0.5, 0.6) is 0 Å². The Morgan fingerprint density at radius 1 is 1.35 bits per heavy atom. The van der Waals surface area contributed by atoms with Crippen molar-refractivity contribution in [2.45, 2.75) is 19.8 Å². The number of hydrogen-bond acceptors (Lipinski definition) is 4. The van der Waals surface area contributed by atoms with Gasteiger partial charge < -0.3 is 10.4 Å². The first-order valence-corrected chi connectivity index (χ1v) is 6.81. The van der Waals surface area contributed by atoms with E-state index in [-0.39, 0.29) is 18.4 Å². The lowest BCUT2D eigenvalue weighted by molar-refractivity contribution is 0.0953. The molecule has 0 aliphatic rings. The lowest BCUT2D eigenvalue weighted by atomic mass is 10.1. The van der Waals surface area contributed by atoms with Crippen LogP contribution in [0, 0.1) is 5.92 Å². The van der Waals surface area contributed by atoms with Gasteiger partial charge in [-0.1, -0.05) is 13.0 Å². The van der Waals surface area contributed by atoms with Gasteiger partial charge in [0.15, 0.2) is 0 Å². The van der Waals surface area contributed by atoms with Crippen LogP contribution in [0.1, 0.15) is 30.1 Å². The highest BCUT2D eigenvalue weighted by molar-refractivity contribution is 6.04. The number of amides is 1. The molecule has 20 heavy (non-hydrogen) atoms. The van der Waals surface area contributed by atoms with Crippen LogP contribution in [-0.2, 0) is 0 Å². The molecule has 2 N–H and O–H groups in total. The quantitative estimate of drug-likeness (QED) is 0.787. The van der Waals surface area contributed by atoms with Crippen molar-refractivity contribution >= 4 is 16.9 Å². The number of rotatable bonds is 6. The number of fused-ring (bicyclic) bond motifs is 1. The van der Waals surface area contributed by atoms with Crippen molar-refractivity contribution in [2.24, 2.45) is 5.92 Å². The average molecular weight is 273 g/mol. The van der Waals surface area contributed by atoms with Gasteiger partial charge in [0.1, 0.15) is 5.52 Å². The predicted molar refractivity (Wildman–Crippen MR) is 77.4 cm³/mol. The second kappa shape index (κ2) is 6.96. The first kappa shape index (κ1) is 14.4. The highest BCUT2D eigenvalue weighted by Gasteiger charge is 2.10. The van der Waals surface area contributed by atoms with Gasteiger partial charge >= 0.3 is 0 Å². The molecule has 0 aliphatic carbocycles. The maximum Gasteiger partial charge on any atom is 0.253 e. The Kier molecular flexibility index (Phi) is 5.01. The molecule has 0 spiro atoms. The number of aliphatic hydroxyl groups is 1. The monoisotopic (exact) mass is 273 g/mol. The summed E-state index contributed by atoms with van der Waals surface area (Å²) in [5, 5.41) is 11.8.